The summed E-state index contributed by atoms with van der Waals surface area (Å²) in [5.41, 5.74) is 2.24. The average Bonchev–Trinajstić information content (AvgIpc) is 2.89. The van der Waals surface area contributed by atoms with Gasteiger partial charge in [0.25, 0.3) is 11.6 Å². The Kier molecular flexibility index (Phi) is 9.51. The molecule has 0 unspecified atom stereocenters. The minimum Gasteiger partial charge on any atom is -0.493 e. The van der Waals surface area contributed by atoms with Gasteiger partial charge in [-0.25, -0.2) is 5.43 Å². The van der Waals surface area contributed by atoms with E-state index in [-0.39, 0.29) is 18.1 Å². The number of hydrogen-bond acceptors (Lipinski definition) is 9. The molecule has 0 heterocycles. The van der Waals surface area contributed by atoms with Gasteiger partial charge in [-0.05, 0) is 73.8 Å². The summed E-state index contributed by atoms with van der Waals surface area (Å²) in [5, 5.41) is 26.3. The van der Waals surface area contributed by atoms with Crippen molar-refractivity contribution < 1.29 is 28.9 Å². The van der Waals surface area contributed by atoms with Gasteiger partial charge in [0, 0.05) is 11.6 Å². The number of nitrogens with zero attached hydrogens (tertiary/aromatic N) is 3. The molecule has 3 rings (SSSR count). The number of amides is 1. The van der Waals surface area contributed by atoms with E-state index >= 15 is 0 Å². The molecule has 0 aliphatic rings. The Hall–Kier alpha value is -4.30. The van der Waals surface area contributed by atoms with Crippen molar-refractivity contribution >= 4 is 55.4 Å². The number of nitro benzene ring substituents is 2. The second-order valence-electron chi connectivity index (χ2n) is 7.25. The molecule has 0 radical (unpaired) electrons. The van der Waals surface area contributed by atoms with Crippen LogP contribution in [0.25, 0.3) is 0 Å². The van der Waals surface area contributed by atoms with E-state index in [4.69, 9.17) is 14.2 Å². The number of hydrazone groups is 1. The third-order valence-electron chi connectivity index (χ3n) is 4.74. The summed E-state index contributed by atoms with van der Waals surface area (Å²) < 4.78 is 17.2. The number of rotatable bonds is 11. The fraction of sp³-hybridized carbons (Fsp3) is 0.0833. The molecular weight excluding hydrogens is 632 g/mol. The van der Waals surface area contributed by atoms with Gasteiger partial charge in [0.15, 0.2) is 17.2 Å². The Morgan fingerprint density at radius 3 is 2.32 bits per heavy atom. The number of methoxy groups -OCH3 is 1. The van der Waals surface area contributed by atoms with Crippen molar-refractivity contribution in [2.75, 3.05) is 13.7 Å². The summed E-state index contributed by atoms with van der Waals surface area (Å²) in [6, 6.07) is 10.9. The van der Waals surface area contributed by atoms with Gasteiger partial charge >= 0.3 is 5.69 Å². The van der Waals surface area contributed by atoms with E-state index in [1.165, 1.54) is 19.4 Å². The lowest BCUT2D eigenvalue weighted by Crippen LogP contribution is -2.17. The van der Waals surface area contributed by atoms with E-state index in [1.54, 1.807) is 30.3 Å². The topological polar surface area (TPSA) is 155 Å². The third kappa shape index (κ3) is 6.92. The predicted octanol–water partition coefficient (Wildman–Crippen LogP) is 6.16. The first-order valence-electron chi connectivity index (χ1n) is 10.5. The lowest BCUT2D eigenvalue weighted by Gasteiger charge is -2.11. The summed E-state index contributed by atoms with van der Waals surface area (Å²) >= 11 is 6.68. The first kappa shape index (κ1) is 28.3. The second-order valence-corrected chi connectivity index (χ2v) is 8.96. The molecule has 14 heteroatoms. The second kappa shape index (κ2) is 12.8. The standard InChI is InChI=1S/C24H18Br2N4O8/c1-3-8-37-21-6-4-15(11-22(21)36-2)24(31)28-27-13-14-9-17(25)23(18(26)10-14)38-20-7-5-16(29(32)33)12-19(20)30(34)35/h3-7,9-13H,1,8H2,2H3,(H,28,31)/b27-13+. The van der Waals surface area contributed by atoms with Crippen LogP contribution in [-0.4, -0.2) is 35.7 Å². The molecule has 0 spiro atoms. The molecule has 0 fully saturated rings. The van der Waals surface area contributed by atoms with Crippen LogP contribution in [0, 0.1) is 20.2 Å². The number of benzene rings is 3. The number of nitrogens with one attached hydrogen (secondary N) is 1. The molecule has 12 nitrogen and oxygen atoms in total. The maximum absolute atomic E-state index is 12.5. The van der Waals surface area contributed by atoms with Crippen LogP contribution < -0.4 is 19.6 Å². The number of carbonyl (C=O) groups is 1. The van der Waals surface area contributed by atoms with Crippen LogP contribution in [0.4, 0.5) is 11.4 Å². The van der Waals surface area contributed by atoms with E-state index in [2.05, 4.69) is 49.0 Å². The zero-order chi connectivity index (χ0) is 27.8. The normalized spacial score (nSPS) is 10.6. The molecule has 0 atom stereocenters. The lowest BCUT2D eigenvalue weighted by molar-refractivity contribution is -0.394. The summed E-state index contributed by atoms with van der Waals surface area (Å²) in [4.78, 5) is 33.3. The molecule has 38 heavy (non-hydrogen) atoms. The van der Waals surface area contributed by atoms with Gasteiger partial charge in [0.1, 0.15) is 6.61 Å². The third-order valence-corrected chi connectivity index (χ3v) is 5.92. The van der Waals surface area contributed by atoms with Gasteiger partial charge in [-0.2, -0.15) is 5.10 Å². The van der Waals surface area contributed by atoms with Crippen molar-refractivity contribution in [2.24, 2.45) is 5.10 Å². The number of hydrogen-bond donors (Lipinski definition) is 1. The predicted molar refractivity (Wildman–Crippen MR) is 145 cm³/mol. The monoisotopic (exact) mass is 648 g/mol. The van der Waals surface area contributed by atoms with Gasteiger partial charge in [-0.1, -0.05) is 12.7 Å². The molecule has 0 aromatic heterocycles. The van der Waals surface area contributed by atoms with Crippen LogP contribution in [0.5, 0.6) is 23.0 Å². The fourth-order valence-corrected chi connectivity index (χ4v) is 4.40. The molecule has 0 saturated carbocycles. The lowest BCUT2D eigenvalue weighted by atomic mass is 10.2. The summed E-state index contributed by atoms with van der Waals surface area (Å²) in [6.45, 7) is 3.87. The van der Waals surface area contributed by atoms with E-state index in [1.807, 2.05) is 0 Å². The number of halogens is 2. The van der Waals surface area contributed by atoms with Gasteiger partial charge in [0.05, 0.1) is 38.2 Å². The number of carbonyl (C=O) groups excluding carboxylic acids is 1. The average molecular weight is 650 g/mol. The molecule has 0 aliphatic heterocycles. The van der Waals surface area contributed by atoms with Crippen molar-refractivity contribution in [3.8, 4) is 23.0 Å². The zero-order valence-electron chi connectivity index (χ0n) is 19.6. The van der Waals surface area contributed by atoms with Crippen molar-refractivity contribution in [2.45, 2.75) is 0 Å². The SMILES string of the molecule is C=CCOc1ccc(C(=O)N/N=C/c2cc(Br)c(Oc3ccc([N+](=O)[O-])cc3[N+](=O)[O-])c(Br)c2)cc1OC. The Labute approximate surface area is 232 Å². The van der Waals surface area contributed by atoms with Gasteiger partial charge in [0.2, 0.25) is 5.75 Å². The van der Waals surface area contributed by atoms with Crippen LogP contribution in [0.2, 0.25) is 0 Å². The highest BCUT2D eigenvalue weighted by Gasteiger charge is 2.23. The molecule has 196 valence electrons. The first-order chi connectivity index (χ1) is 18.1. The number of non-ortho nitro benzene ring substituents is 1. The van der Waals surface area contributed by atoms with Crippen LogP contribution in [0.3, 0.4) is 0 Å². The van der Waals surface area contributed by atoms with Crippen molar-refractivity contribution in [1.29, 1.82) is 0 Å². The molecule has 3 aromatic carbocycles. The van der Waals surface area contributed by atoms with Gasteiger partial charge < -0.3 is 14.2 Å². The highest BCUT2D eigenvalue weighted by atomic mass is 79.9. The minimum atomic E-state index is -0.773. The summed E-state index contributed by atoms with van der Waals surface area (Å²) in [6.07, 6.45) is 2.97. The molecular formula is C24H18Br2N4O8. The zero-order valence-corrected chi connectivity index (χ0v) is 22.7. The van der Waals surface area contributed by atoms with E-state index < -0.39 is 27.1 Å². The molecule has 0 aliphatic carbocycles. The maximum atomic E-state index is 12.5. The van der Waals surface area contributed by atoms with Crippen molar-refractivity contribution in [3.05, 3.63) is 101 Å². The highest BCUT2D eigenvalue weighted by Crippen LogP contribution is 2.41. The Bertz CT molecular complexity index is 1420. The molecule has 1 amide bonds. The molecule has 1 N–H and O–H groups in total. The van der Waals surface area contributed by atoms with E-state index in [0.29, 0.717) is 31.6 Å². The molecule has 3 aromatic rings. The van der Waals surface area contributed by atoms with E-state index in [9.17, 15) is 25.0 Å². The maximum Gasteiger partial charge on any atom is 0.318 e. The molecule has 0 saturated heterocycles. The van der Waals surface area contributed by atoms with Gasteiger partial charge in [-0.3, -0.25) is 25.0 Å². The van der Waals surface area contributed by atoms with Crippen LogP contribution in [0.1, 0.15) is 15.9 Å². The Morgan fingerprint density at radius 2 is 1.71 bits per heavy atom. The van der Waals surface area contributed by atoms with Crippen LogP contribution >= 0.6 is 31.9 Å². The Morgan fingerprint density at radius 1 is 1.03 bits per heavy atom. The van der Waals surface area contributed by atoms with Crippen LogP contribution in [-0.2, 0) is 0 Å². The summed E-state index contributed by atoms with van der Waals surface area (Å²) in [7, 11) is 1.46. The number of nitro groups is 2. The fourth-order valence-electron chi connectivity index (χ4n) is 3.02. The van der Waals surface area contributed by atoms with Gasteiger partial charge in [-0.15, -0.1) is 0 Å². The smallest absolute Gasteiger partial charge is 0.318 e. The highest BCUT2D eigenvalue weighted by molar-refractivity contribution is 9.11. The molecule has 0 bridgehead atoms. The van der Waals surface area contributed by atoms with Crippen molar-refractivity contribution in [3.63, 3.8) is 0 Å². The summed E-state index contributed by atoms with van der Waals surface area (Å²) in [5.74, 6) is 0.350. The number of ether oxygens (including phenoxy) is 3. The van der Waals surface area contributed by atoms with E-state index in [0.717, 1.165) is 18.2 Å². The first-order valence-corrected chi connectivity index (χ1v) is 12.1. The van der Waals surface area contributed by atoms with Crippen LogP contribution in [0.15, 0.2) is 75.2 Å². The Balaban J connectivity index is 1.75. The van der Waals surface area contributed by atoms with Crippen molar-refractivity contribution in [1.82, 2.24) is 5.43 Å². The largest absolute Gasteiger partial charge is 0.493 e. The minimum absolute atomic E-state index is 0.188. The quantitative estimate of drug-likeness (QED) is 0.112.